The molecule has 9 heteroatoms. The maximum Gasteiger partial charge on any atom is 0.327 e. The number of aliphatic carboxylic acids is 1. The average molecular weight is 370 g/mol. The summed E-state index contributed by atoms with van der Waals surface area (Å²) in [5.74, 6) is -1.27. The van der Waals surface area contributed by atoms with Crippen molar-refractivity contribution in [3.8, 4) is 0 Å². The molecule has 1 N–H and O–H groups in total. The van der Waals surface area contributed by atoms with Crippen molar-refractivity contribution in [3.63, 3.8) is 0 Å². The zero-order valence-electron chi connectivity index (χ0n) is 10.8. The second-order valence-electron chi connectivity index (χ2n) is 4.35. The van der Waals surface area contributed by atoms with Crippen molar-refractivity contribution in [1.82, 2.24) is 9.88 Å². The van der Waals surface area contributed by atoms with Gasteiger partial charge in [0.1, 0.15) is 11.7 Å². The van der Waals surface area contributed by atoms with E-state index in [4.69, 9.17) is 34.8 Å². The van der Waals surface area contributed by atoms with Gasteiger partial charge in [0.2, 0.25) is 0 Å². The maximum atomic E-state index is 12.6. The molecule has 1 aromatic heterocycles. The van der Waals surface area contributed by atoms with E-state index in [0.29, 0.717) is 12.2 Å². The summed E-state index contributed by atoms with van der Waals surface area (Å²) in [6, 6.07) is -0.903. The van der Waals surface area contributed by atoms with Gasteiger partial charge in [-0.05, 0) is 6.42 Å². The number of carboxylic acid groups (broad SMARTS) is 1. The SMILES string of the molecule is CCC1SCC(C(=O)O)N1C(=O)c1ncc(Cl)c(Cl)c1Cl. The molecule has 21 heavy (non-hydrogen) atoms. The Morgan fingerprint density at radius 2 is 2.10 bits per heavy atom. The quantitative estimate of drug-likeness (QED) is 0.884. The van der Waals surface area contributed by atoms with Crippen LogP contribution in [0.3, 0.4) is 0 Å². The van der Waals surface area contributed by atoms with Crippen molar-refractivity contribution in [2.45, 2.75) is 24.8 Å². The molecule has 1 amide bonds. The Morgan fingerprint density at radius 3 is 2.67 bits per heavy atom. The molecule has 1 saturated heterocycles. The number of halogens is 3. The first kappa shape index (κ1) is 16.7. The molecule has 2 heterocycles. The van der Waals surface area contributed by atoms with Crippen LogP contribution in [-0.2, 0) is 4.79 Å². The Hall–Kier alpha value is -0.690. The third-order valence-electron chi connectivity index (χ3n) is 3.08. The monoisotopic (exact) mass is 368 g/mol. The molecule has 0 spiro atoms. The van der Waals surface area contributed by atoms with E-state index in [1.54, 1.807) is 0 Å². The van der Waals surface area contributed by atoms with Gasteiger partial charge in [-0.2, -0.15) is 0 Å². The Bertz CT molecular complexity index is 599. The van der Waals surface area contributed by atoms with Crippen LogP contribution in [0.1, 0.15) is 23.8 Å². The molecule has 1 aromatic rings. The Labute approximate surface area is 140 Å². The van der Waals surface area contributed by atoms with Crippen LogP contribution in [0.25, 0.3) is 0 Å². The lowest BCUT2D eigenvalue weighted by atomic mass is 10.2. The highest BCUT2D eigenvalue weighted by atomic mass is 35.5. The maximum absolute atomic E-state index is 12.6. The molecule has 0 aromatic carbocycles. The third-order valence-corrected chi connectivity index (χ3v) is 5.78. The van der Waals surface area contributed by atoms with Crippen molar-refractivity contribution in [2.75, 3.05) is 5.75 Å². The van der Waals surface area contributed by atoms with Crippen molar-refractivity contribution in [2.24, 2.45) is 0 Å². The van der Waals surface area contributed by atoms with Gasteiger partial charge >= 0.3 is 5.97 Å². The summed E-state index contributed by atoms with van der Waals surface area (Å²) in [7, 11) is 0. The van der Waals surface area contributed by atoms with Gasteiger partial charge in [-0.3, -0.25) is 4.79 Å². The van der Waals surface area contributed by atoms with E-state index < -0.39 is 17.9 Å². The molecule has 1 fully saturated rings. The fraction of sp³-hybridized carbons (Fsp3) is 0.417. The van der Waals surface area contributed by atoms with Crippen LogP contribution < -0.4 is 0 Å². The first-order valence-electron chi connectivity index (χ1n) is 6.05. The normalized spacial score (nSPS) is 21.6. The molecule has 114 valence electrons. The van der Waals surface area contributed by atoms with Gasteiger partial charge in [0.25, 0.3) is 5.91 Å². The van der Waals surface area contributed by atoms with Crippen LogP contribution in [0.2, 0.25) is 15.1 Å². The lowest BCUT2D eigenvalue weighted by molar-refractivity contribution is -0.141. The highest BCUT2D eigenvalue weighted by Crippen LogP contribution is 2.36. The molecule has 2 atom stereocenters. The summed E-state index contributed by atoms with van der Waals surface area (Å²) >= 11 is 19.1. The minimum Gasteiger partial charge on any atom is -0.480 e. The van der Waals surface area contributed by atoms with Crippen LogP contribution in [0.15, 0.2) is 6.20 Å². The van der Waals surface area contributed by atoms with Crippen molar-refractivity contribution < 1.29 is 14.7 Å². The summed E-state index contributed by atoms with van der Waals surface area (Å²) in [6.07, 6.45) is 1.85. The Balaban J connectivity index is 2.42. The minimum absolute atomic E-state index is 0.0310. The van der Waals surface area contributed by atoms with E-state index in [1.165, 1.54) is 22.9 Å². The fourth-order valence-corrected chi connectivity index (χ4v) is 3.96. The van der Waals surface area contributed by atoms with E-state index in [1.807, 2.05) is 6.92 Å². The minimum atomic E-state index is -1.05. The van der Waals surface area contributed by atoms with Gasteiger partial charge in [0.15, 0.2) is 0 Å². The first-order valence-corrected chi connectivity index (χ1v) is 8.23. The number of carbonyl (C=O) groups excluding carboxylic acids is 1. The number of rotatable bonds is 3. The van der Waals surface area contributed by atoms with Crippen LogP contribution in [0.5, 0.6) is 0 Å². The van der Waals surface area contributed by atoms with Crippen molar-refractivity contribution in [1.29, 1.82) is 0 Å². The third kappa shape index (κ3) is 3.08. The highest BCUT2D eigenvalue weighted by Gasteiger charge is 2.42. The van der Waals surface area contributed by atoms with Crippen LogP contribution in [-0.4, -0.2) is 44.0 Å². The summed E-state index contributed by atoms with van der Waals surface area (Å²) in [6.45, 7) is 1.88. The lowest BCUT2D eigenvalue weighted by Crippen LogP contribution is -2.45. The second-order valence-corrected chi connectivity index (χ2v) is 6.72. The second kappa shape index (κ2) is 6.60. The smallest absolute Gasteiger partial charge is 0.327 e. The molecule has 2 unspecified atom stereocenters. The number of nitrogens with zero attached hydrogens (tertiary/aromatic N) is 2. The number of carboxylic acids is 1. The molecule has 0 radical (unpaired) electrons. The van der Waals surface area contributed by atoms with E-state index in [2.05, 4.69) is 4.98 Å². The van der Waals surface area contributed by atoms with Gasteiger partial charge in [-0.1, -0.05) is 41.7 Å². The molecule has 0 saturated carbocycles. The zero-order chi connectivity index (χ0) is 15.7. The molecule has 5 nitrogen and oxygen atoms in total. The summed E-state index contributed by atoms with van der Waals surface area (Å²) < 4.78 is 0. The van der Waals surface area contributed by atoms with Gasteiger partial charge in [-0.15, -0.1) is 11.8 Å². The van der Waals surface area contributed by atoms with Gasteiger partial charge in [0, 0.05) is 11.9 Å². The van der Waals surface area contributed by atoms with Gasteiger partial charge in [-0.25, -0.2) is 9.78 Å². The number of hydrogen-bond donors (Lipinski definition) is 1. The zero-order valence-corrected chi connectivity index (χ0v) is 13.9. The lowest BCUT2D eigenvalue weighted by Gasteiger charge is -2.26. The molecule has 1 aliphatic heterocycles. The molecular formula is C12H11Cl3N2O3S. The van der Waals surface area contributed by atoms with Crippen LogP contribution in [0.4, 0.5) is 0 Å². The standard InChI is InChI=1S/C12H11Cl3N2O3S/c1-2-7-17(6(4-21-7)12(19)20)11(18)10-9(15)8(14)5(13)3-16-10/h3,6-7H,2,4H2,1H3,(H,19,20). The van der Waals surface area contributed by atoms with Gasteiger partial charge in [0.05, 0.1) is 20.4 Å². The van der Waals surface area contributed by atoms with E-state index in [-0.39, 0.29) is 26.1 Å². The summed E-state index contributed by atoms with van der Waals surface area (Å²) in [4.78, 5) is 29.1. The number of hydrogen-bond acceptors (Lipinski definition) is 4. The van der Waals surface area contributed by atoms with Crippen molar-refractivity contribution in [3.05, 3.63) is 27.0 Å². The predicted octanol–water partition coefficient (Wildman–Crippen LogP) is 3.42. The summed E-state index contributed by atoms with van der Waals surface area (Å²) in [5.41, 5.74) is -0.0849. The van der Waals surface area contributed by atoms with Crippen LogP contribution in [0, 0.1) is 0 Å². The summed E-state index contributed by atoms with van der Waals surface area (Å²) in [5, 5.41) is 9.12. The Morgan fingerprint density at radius 1 is 1.43 bits per heavy atom. The van der Waals surface area contributed by atoms with Crippen molar-refractivity contribution >= 4 is 58.4 Å². The molecule has 0 aliphatic carbocycles. The Kier molecular flexibility index (Phi) is 5.24. The van der Waals surface area contributed by atoms with E-state index in [0.717, 1.165) is 0 Å². The molecule has 0 bridgehead atoms. The van der Waals surface area contributed by atoms with Gasteiger partial charge < -0.3 is 10.0 Å². The largest absolute Gasteiger partial charge is 0.480 e. The van der Waals surface area contributed by atoms with E-state index >= 15 is 0 Å². The molecular weight excluding hydrogens is 359 g/mol. The number of thioether (sulfide) groups is 1. The molecule has 2 rings (SSSR count). The average Bonchev–Trinajstić information content (AvgIpc) is 2.88. The first-order chi connectivity index (χ1) is 9.88. The van der Waals surface area contributed by atoms with E-state index in [9.17, 15) is 14.7 Å². The number of aromatic nitrogens is 1. The highest BCUT2D eigenvalue weighted by molar-refractivity contribution is 8.00. The molecule has 1 aliphatic rings. The fourth-order valence-electron chi connectivity index (χ4n) is 2.06. The number of pyridine rings is 1. The number of carbonyl (C=O) groups is 2. The topological polar surface area (TPSA) is 70.5 Å². The number of amides is 1. The predicted molar refractivity (Wildman–Crippen MR) is 83.4 cm³/mol. The van der Waals surface area contributed by atoms with Crippen LogP contribution >= 0.6 is 46.6 Å².